The third-order valence-corrected chi connectivity index (χ3v) is 3.31. The second-order valence-electron chi connectivity index (χ2n) is 5.41. The smallest absolute Gasteiger partial charge is 0.124 e. The van der Waals surface area contributed by atoms with Crippen molar-refractivity contribution in [2.45, 2.75) is 27.7 Å². The van der Waals surface area contributed by atoms with Gasteiger partial charge >= 0.3 is 0 Å². The Kier molecular flexibility index (Phi) is 4.46. The molecule has 0 saturated heterocycles. The summed E-state index contributed by atoms with van der Waals surface area (Å²) in [6, 6.07) is 3.84. The molecule has 0 radical (unpaired) electrons. The van der Waals surface area contributed by atoms with E-state index in [1.165, 1.54) is 0 Å². The van der Waals surface area contributed by atoms with Crippen molar-refractivity contribution >= 4 is 22.9 Å². The van der Waals surface area contributed by atoms with Crippen LogP contribution >= 0.6 is 12.2 Å². The Balaban J connectivity index is 2.73. The first-order valence-corrected chi connectivity index (χ1v) is 6.22. The van der Waals surface area contributed by atoms with Gasteiger partial charge in [-0.2, -0.15) is 0 Å². The average Bonchev–Trinajstić information content (AvgIpc) is 2.24. The molecular formula is C13H21N3S. The molecule has 0 bridgehead atoms. The molecule has 0 aliphatic heterocycles. The fourth-order valence-corrected chi connectivity index (χ4v) is 1.48. The van der Waals surface area contributed by atoms with Gasteiger partial charge in [0, 0.05) is 12.7 Å². The number of hydrogen-bond donors (Lipinski definition) is 2. The van der Waals surface area contributed by atoms with Gasteiger partial charge in [0.2, 0.25) is 0 Å². The van der Waals surface area contributed by atoms with Crippen LogP contribution in [0, 0.1) is 11.3 Å². The summed E-state index contributed by atoms with van der Waals surface area (Å²) >= 11 is 4.98. The maximum atomic E-state index is 5.64. The molecule has 3 N–H and O–H groups in total. The van der Waals surface area contributed by atoms with Crippen LogP contribution < -0.4 is 11.1 Å². The standard InChI is InChI=1S/C13H21N3S/c1-9(13(2,3)4)8-16-10-6-5-7-15-11(10)12(14)17/h5-7,9,16H,8H2,1-4H3,(H2,14,17). The lowest BCUT2D eigenvalue weighted by Gasteiger charge is -2.28. The summed E-state index contributed by atoms with van der Waals surface area (Å²) in [6.07, 6.45) is 1.70. The van der Waals surface area contributed by atoms with E-state index in [4.69, 9.17) is 18.0 Å². The minimum Gasteiger partial charge on any atom is -0.388 e. The minimum atomic E-state index is 0.276. The highest BCUT2D eigenvalue weighted by molar-refractivity contribution is 7.80. The van der Waals surface area contributed by atoms with E-state index in [1.807, 2.05) is 12.1 Å². The third-order valence-electron chi connectivity index (χ3n) is 3.12. The molecule has 0 amide bonds. The minimum absolute atomic E-state index is 0.276. The summed E-state index contributed by atoms with van der Waals surface area (Å²) in [7, 11) is 0. The zero-order valence-electron chi connectivity index (χ0n) is 10.9. The van der Waals surface area contributed by atoms with Crippen LogP contribution in [0.15, 0.2) is 18.3 Å². The average molecular weight is 251 g/mol. The molecule has 3 nitrogen and oxygen atoms in total. The number of anilines is 1. The van der Waals surface area contributed by atoms with Gasteiger partial charge in [-0.1, -0.05) is 39.9 Å². The molecule has 94 valence electrons. The largest absolute Gasteiger partial charge is 0.388 e. The van der Waals surface area contributed by atoms with Crippen LogP contribution in [0.1, 0.15) is 33.4 Å². The van der Waals surface area contributed by atoms with E-state index in [2.05, 4.69) is 38.0 Å². The predicted molar refractivity (Wildman–Crippen MR) is 77.2 cm³/mol. The molecule has 17 heavy (non-hydrogen) atoms. The summed E-state index contributed by atoms with van der Waals surface area (Å²) in [5, 5.41) is 3.37. The van der Waals surface area contributed by atoms with Crippen LogP contribution in [0.2, 0.25) is 0 Å². The maximum absolute atomic E-state index is 5.64. The molecule has 1 atom stereocenters. The van der Waals surface area contributed by atoms with Gasteiger partial charge < -0.3 is 11.1 Å². The van der Waals surface area contributed by atoms with Crippen molar-refractivity contribution in [3.63, 3.8) is 0 Å². The fraction of sp³-hybridized carbons (Fsp3) is 0.538. The molecule has 1 aromatic heterocycles. The van der Waals surface area contributed by atoms with E-state index in [-0.39, 0.29) is 5.41 Å². The lowest BCUT2D eigenvalue weighted by Crippen LogP contribution is -2.26. The Morgan fingerprint density at radius 1 is 1.53 bits per heavy atom. The van der Waals surface area contributed by atoms with Crippen LogP contribution in [0.5, 0.6) is 0 Å². The number of aromatic nitrogens is 1. The van der Waals surface area contributed by atoms with Gasteiger partial charge in [0.15, 0.2) is 0 Å². The van der Waals surface area contributed by atoms with Gasteiger partial charge in [-0.25, -0.2) is 0 Å². The summed E-state index contributed by atoms with van der Waals surface area (Å²) in [5.74, 6) is 0.543. The normalized spacial score (nSPS) is 13.2. The Morgan fingerprint density at radius 2 is 2.18 bits per heavy atom. The number of nitrogens with two attached hydrogens (primary N) is 1. The summed E-state index contributed by atoms with van der Waals surface area (Å²) in [6.45, 7) is 9.81. The Morgan fingerprint density at radius 3 is 2.71 bits per heavy atom. The van der Waals surface area contributed by atoms with E-state index in [0.717, 1.165) is 12.2 Å². The summed E-state index contributed by atoms with van der Waals surface area (Å²) < 4.78 is 0. The molecule has 4 heteroatoms. The molecule has 1 aromatic rings. The highest BCUT2D eigenvalue weighted by Gasteiger charge is 2.20. The lowest BCUT2D eigenvalue weighted by atomic mass is 9.82. The van der Waals surface area contributed by atoms with E-state index in [1.54, 1.807) is 6.20 Å². The fourth-order valence-electron chi connectivity index (χ4n) is 1.31. The van der Waals surface area contributed by atoms with Crippen molar-refractivity contribution in [3.05, 3.63) is 24.0 Å². The van der Waals surface area contributed by atoms with Crippen molar-refractivity contribution in [3.8, 4) is 0 Å². The third kappa shape index (κ3) is 3.97. The second-order valence-corrected chi connectivity index (χ2v) is 5.85. The summed E-state index contributed by atoms with van der Waals surface area (Å²) in [4.78, 5) is 4.52. The van der Waals surface area contributed by atoms with E-state index >= 15 is 0 Å². The van der Waals surface area contributed by atoms with Gasteiger partial charge in [0.05, 0.1) is 5.69 Å². The first kappa shape index (κ1) is 13.9. The highest BCUT2D eigenvalue weighted by Crippen LogP contribution is 2.25. The molecule has 1 unspecified atom stereocenters. The maximum Gasteiger partial charge on any atom is 0.124 e. The zero-order valence-corrected chi connectivity index (χ0v) is 11.8. The van der Waals surface area contributed by atoms with Gasteiger partial charge in [-0.3, -0.25) is 4.98 Å². The highest BCUT2D eigenvalue weighted by atomic mass is 32.1. The molecule has 1 heterocycles. The predicted octanol–water partition coefficient (Wildman–Crippen LogP) is 2.81. The topological polar surface area (TPSA) is 50.9 Å². The van der Waals surface area contributed by atoms with Crippen LogP contribution in [0.3, 0.4) is 0 Å². The van der Waals surface area contributed by atoms with E-state index in [9.17, 15) is 0 Å². The van der Waals surface area contributed by atoms with Crippen LogP contribution in [-0.2, 0) is 0 Å². The van der Waals surface area contributed by atoms with Crippen molar-refractivity contribution < 1.29 is 0 Å². The van der Waals surface area contributed by atoms with Crippen LogP contribution in [-0.4, -0.2) is 16.5 Å². The van der Waals surface area contributed by atoms with Crippen molar-refractivity contribution in [2.24, 2.45) is 17.1 Å². The van der Waals surface area contributed by atoms with Crippen molar-refractivity contribution in [2.75, 3.05) is 11.9 Å². The lowest BCUT2D eigenvalue weighted by molar-refractivity contribution is 0.274. The number of pyridine rings is 1. The van der Waals surface area contributed by atoms with Gasteiger partial charge in [0.25, 0.3) is 0 Å². The number of rotatable bonds is 4. The Bertz CT molecular complexity index is 396. The van der Waals surface area contributed by atoms with Crippen LogP contribution in [0.25, 0.3) is 0 Å². The Labute approximate surface area is 109 Å². The molecule has 0 saturated carbocycles. The quantitative estimate of drug-likeness (QED) is 0.808. The van der Waals surface area contributed by atoms with Crippen molar-refractivity contribution in [1.82, 2.24) is 4.98 Å². The van der Waals surface area contributed by atoms with Crippen LogP contribution in [0.4, 0.5) is 5.69 Å². The SMILES string of the molecule is CC(CNc1cccnc1C(N)=S)C(C)(C)C. The Hall–Kier alpha value is -1.16. The van der Waals surface area contributed by atoms with Gasteiger partial charge in [-0.15, -0.1) is 0 Å². The molecule has 0 fully saturated rings. The van der Waals surface area contributed by atoms with E-state index in [0.29, 0.717) is 16.6 Å². The number of nitrogens with one attached hydrogen (secondary N) is 1. The first-order chi connectivity index (χ1) is 7.82. The summed E-state index contributed by atoms with van der Waals surface area (Å²) in [5.41, 5.74) is 7.50. The second kappa shape index (κ2) is 5.45. The number of thiocarbonyl (C=S) groups is 1. The van der Waals surface area contributed by atoms with Gasteiger partial charge in [0.1, 0.15) is 10.7 Å². The molecular weight excluding hydrogens is 230 g/mol. The molecule has 0 spiro atoms. The van der Waals surface area contributed by atoms with Gasteiger partial charge in [-0.05, 0) is 23.5 Å². The van der Waals surface area contributed by atoms with E-state index < -0.39 is 0 Å². The molecule has 0 aliphatic carbocycles. The number of hydrogen-bond acceptors (Lipinski definition) is 3. The molecule has 0 aliphatic rings. The number of nitrogens with zero attached hydrogens (tertiary/aromatic N) is 1. The monoisotopic (exact) mass is 251 g/mol. The zero-order chi connectivity index (χ0) is 13.1. The molecule has 0 aromatic carbocycles. The van der Waals surface area contributed by atoms with Crippen molar-refractivity contribution in [1.29, 1.82) is 0 Å². The molecule has 1 rings (SSSR count). The first-order valence-electron chi connectivity index (χ1n) is 5.81.